The van der Waals surface area contributed by atoms with Crippen LogP contribution in [0.1, 0.15) is 26.3 Å². The molecular weight excluding hydrogens is 260 g/mol. The van der Waals surface area contributed by atoms with Crippen LogP contribution in [0, 0.1) is 5.41 Å². The number of halogens is 1. The molecule has 0 aliphatic heterocycles. The summed E-state index contributed by atoms with van der Waals surface area (Å²) >= 11 is 3.50. The summed E-state index contributed by atoms with van der Waals surface area (Å²) in [6.07, 6.45) is 1.12. The summed E-state index contributed by atoms with van der Waals surface area (Å²) in [6, 6.07) is 13.2. The van der Waals surface area contributed by atoms with Gasteiger partial charge in [0.25, 0.3) is 0 Å². The molecule has 16 heavy (non-hydrogen) atoms. The summed E-state index contributed by atoms with van der Waals surface area (Å²) in [5.74, 6) is 0. The maximum Gasteiger partial charge on any atom is 0.0181 e. The Kier molecular flexibility index (Phi) is 3.07. The Labute approximate surface area is 106 Å². The van der Waals surface area contributed by atoms with E-state index in [2.05, 4.69) is 73.1 Å². The summed E-state index contributed by atoms with van der Waals surface area (Å²) in [7, 11) is 0. The van der Waals surface area contributed by atoms with Gasteiger partial charge >= 0.3 is 0 Å². The highest BCUT2D eigenvalue weighted by Gasteiger charge is 2.11. The van der Waals surface area contributed by atoms with E-state index in [9.17, 15) is 0 Å². The second-order valence-electron chi connectivity index (χ2n) is 5.56. The molecule has 84 valence electrons. The second-order valence-corrected chi connectivity index (χ2v) is 6.48. The zero-order valence-corrected chi connectivity index (χ0v) is 11.6. The molecule has 0 unspecified atom stereocenters. The monoisotopic (exact) mass is 276 g/mol. The van der Waals surface area contributed by atoms with E-state index in [4.69, 9.17) is 0 Å². The van der Waals surface area contributed by atoms with Gasteiger partial charge in [0, 0.05) is 4.47 Å². The molecule has 0 heterocycles. The Bertz CT molecular complexity index is 506. The van der Waals surface area contributed by atoms with Crippen LogP contribution in [0.3, 0.4) is 0 Å². The molecule has 2 aromatic carbocycles. The molecule has 0 spiro atoms. The Morgan fingerprint density at radius 2 is 1.56 bits per heavy atom. The van der Waals surface area contributed by atoms with Crippen LogP contribution >= 0.6 is 15.9 Å². The van der Waals surface area contributed by atoms with Gasteiger partial charge in [0.2, 0.25) is 0 Å². The van der Waals surface area contributed by atoms with Gasteiger partial charge in [-0.1, -0.05) is 61.0 Å². The Morgan fingerprint density at radius 1 is 0.938 bits per heavy atom. The van der Waals surface area contributed by atoms with E-state index in [1.165, 1.54) is 16.3 Å². The topological polar surface area (TPSA) is 0 Å². The van der Waals surface area contributed by atoms with Crippen LogP contribution in [-0.4, -0.2) is 0 Å². The fourth-order valence-corrected chi connectivity index (χ4v) is 2.37. The molecule has 0 radical (unpaired) electrons. The van der Waals surface area contributed by atoms with Crippen molar-refractivity contribution in [1.82, 2.24) is 0 Å². The first kappa shape index (κ1) is 11.7. The lowest BCUT2D eigenvalue weighted by Crippen LogP contribution is -2.08. The lowest BCUT2D eigenvalue weighted by atomic mass is 9.87. The zero-order chi connectivity index (χ0) is 11.8. The van der Waals surface area contributed by atoms with E-state index in [-0.39, 0.29) is 0 Å². The molecule has 0 saturated carbocycles. The van der Waals surface area contributed by atoms with Crippen LogP contribution in [0.25, 0.3) is 10.8 Å². The normalized spacial score (nSPS) is 12.0. The molecule has 0 aliphatic carbocycles. The molecule has 1 heteroatoms. The van der Waals surface area contributed by atoms with E-state index < -0.39 is 0 Å². The van der Waals surface area contributed by atoms with E-state index >= 15 is 0 Å². The predicted octanol–water partition coefficient (Wildman–Crippen LogP) is 5.19. The van der Waals surface area contributed by atoms with E-state index in [1.54, 1.807) is 0 Å². The number of rotatable bonds is 1. The van der Waals surface area contributed by atoms with Crippen molar-refractivity contribution >= 4 is 26.7 Å². The van der Waals surface area contributed by atoms with Crippen molar-refractivity contribution in [2.75, 3.05) is 0 Å². The van der Waals surface area contributed by atoms with Gasteiger partial charge in [-0.05, 0) is 40.3 Å². The molecule has 2 rings (SSSR count). The van der Waals surface area contributed by atoms with Crippen molar-refractivity contribution in [3.05, 3.63) is 46.4 Å². The van der Waals surface area contributed by atoms with Crippen LogP contribution < -0.4 is 0 Å². The highest BCUT2D eigenvalue weighted by molar-refractivity contribution is 9.10. The number of benzene rings is 2. The van der Waals surface area contributed by atoms with E-state index in [0.717, 1.165) is 10.9 Å². The van der Waals surface area contributed by atoms with Gasteiger partial charge in [0.05, 0.1) is 0 Å². The number of fused-ring (bicyclic) bond motifs is 1. The van der Waals surface area contributed by atoms with Gasteiger partial charge in [-0.3, -0.25) is 0 Å². The zero-order valence-electron chi connectivity index (χ0n) is 10.0. The molecule has 2 aromatic rings. The molecule has 0 N–H and O–H groups in total. The van der Waals surface area contributed by atoms with Gasteiger partial charge in [-0.15, -0.1) is 0 Å². The predicted molar refractivity (Wildman–Crippen MR) is 74.8 cm³/mol. The molecule has 0 bridgehead atoms. The average Bonchev–Trinajstić information content (AvgIpc) is 2.16. The Morgan fingerprint density at radius 3 is 2.25 bits per heavy atom. The minimum atomic E-state index is 0.350. The van der Waals surface area contributed by atoms with E-state index in [1.807, 2.05) is 0 Å². The van der Waals surface area contributed by atoms with Gasteiger partial charge in [-0.25, -0.2) is 0 Å². The molecule has 0 saturated heterocycles. The summed E-state index contributed by atoms with van der Waals surface area (Å²) in [5, 5.41) is 2.62. The quantitative estimate of drug-likeness (QED) is 0.672. The largest absolute Gasteiger partial charge is 0.0599 e. The summed E-state index contributed by atoms with van der Waals surface area (Å²) in [6.45, 7) is 6.83. The first-order valence-corrected chi connectivity index (χ1v) is 6.42. The van der Waals surface area contributed by atoms with Crippen LogP contribution in [0.2, 0.25) is 0 Å². The molecular formula is C15H17Br. The van der Waals surface area contributed by atoms with Crippen LogP contribution in [-0.2, 0) is 6.42 Å². The number of hydrogen-bond donors (Lipinski definition) is 0. The standard InChI is InChI=1S/C15H17Br/c1-15(2,3)10-11-4-5-13-9-14(16)7-6-12(13)8-11/h4-9H,10H2,1-3H3. The molecule has 0 atom stereocenters. The van der Waals surface area contributed by atoms with Crippen molar-refractivity contribution in [2.24, 2.45) is 5.41 Å². The summed E-state index contributed by atoms with van der Waals surface area (Å²) in [5.41, 5.74) is 1.77. The van der Waals surface area contributed by atoms with Crippen LogP contribution in [0.15, 0.2) is 40.9 Å². The molecule has 0 amide bonds. The SMILES string of the molecule is CC(C)(C)Cc1ccc2cc(Br)ccc2c1. The minimum absolute atomic E-state index is 0.350. The highest BCUT2D eigenvalue weighted by atomic mass is 79.9. The number of hydrogen-bond acceptors (Lipinski definition) is 0. The first-order chi connectivity index (χ1) is 7.44. The third-order valence-corrected chi connectivity index (χ3v) is 3.09. The molecule has 0 aliphatic rings. The van der Waals surface area contributed by atoms with Crippen molar-refractivity contribution in [3.63, 3.8) is 0 Å². The fourth-order valence-electron chi connectivity index (χ4n) is 1.99. The highest BCUT2D eigenvalue weighted by Crippen LogP contribution is 2.25. The maximum atomic E-state index is 3.50. The Balaban J connectivity index is 2.41. The lowest BCUT2D eigenvalue weighted by Gasteiger charge is -2.18. The van der Waals surface area contributed by atoms with Crippen LogP contribution in [0.5, 0.6) is 0 Å². The van der Waals surface area contributed by atoms with Crippen molar-refractivity contribution in [1.29, 1.82) is 0 Å². The minimum Gasteiger partial charge on any atom is -0.0599 e. The fraction of sp³-hybridized carbons (Fsp3) is 0.333. The summed E-state index contributed by atoms with van der Waals surface area (Å²) < 4.78 is 1.14. The van der Waals surface area contributed by atoms with Crippen molar-refractivity contribution < 1.29 is 0 Å². The van der Waals surface area contributed by atoms with E-state index in [0.29, 0.717) is 5.41 Å². The lowest BCUT2D eigenvalue weighted by molar-refractivity contribution is 0.411. The summed E-state index contributed by atoms with van der Waals surface area (Å²) in [4.78, 5) is 0. The van der Waals surface area contributed by atoms with Gasteiger partial charge in [0.1, 0.15) is 0 Å². The van der Waals surface area contributed by atoms with Gasteiger partial charge < -0.3 is 0 Å². The van der Waals surface area contributed by atoms with Gasteiger partial charge in [-0.2, -0.15) is 0 Å². The second kappa shape index (κ2) is 4.21. The first-order valence-electron chi connectivity index (χ1n) is 5.62. The van der Waals surface area contributed by atoms with Crippen molar-refractivity contribution in [2.45, 2.75) is 27.2 Å². The third kappa shape index (κ3) is 2.85. The maximum absolute atomic E-state index is 3.50. The molecule has 0 aromatic heterocycles. The average molecular weight is 277 g/mol. The smallest absolute Gasteiger partial charge is 0.0181 e. The van der Waals surface area contributed by atoms with Crippen molar-refractivity contribution in [3.8, 4) is 0 Å². The third-order valence-electron chi connectivity index (χ3n) is 2.60. The molecule has 0 nitrogen and oxygen atoms in total. The molecule has 0 fully saturated rings. The Hall–Kier alpha value is -0.820. The van der Waals surface area contributed by atoms with Gasteiger partial charge in [0.15, 0.2) is 0 Å². The van der Waals surface area contributed by atoms with Crippen LogP contribution in [0.4, 0.5) is 0 Å².